The number of H-pyrrole nitrogens is 1. The molecule has 0 radical (unpaired) electrons. The maximum Gasteiger partial charge on any atom is 0.354 e. The predicted octanol–water partition coefficient (Wildman–Crippen LogP) is 2.32. The molecule has 2 aromatic rings. The molecular formula is C16H14N2O3. The van der Waals surface area contributed by atoms with Crippen LogP contribution in [0.15, 0.2) is 36.4 Å². The van der Waals surface area contributed by atoms with Crippen molar-refractivity contribution in [2.24, 2.45) is 0 Å². The van der Waals surface area contributed by atoms with Crippen molar-refractivity contribution >= 4 is 29.2 Å². The molecule has 1 aromatic heterocycles. The normalized spacial score (nSPS) is 15.4. The Morgan fingerprint density at radius 3 is 2.76 bits per heavy atom. The van der Waals surface area contributed by atoms with E-state index in [1.54, 1.807) is 30.2 Å². The third-order valence-corrected chi connectivity index (χ3v) is 3.50. The molecule has 21 heavy (non-hydrogen) atoms. The number of benzene rings is 1. The Hall–Kier alpha value is -2.82. The van der Waals surface area contributed by atoms with Gasteiger partial charge in [0.2, 0.25) is 0 Å². The van der Waals surface area contributed by atoms with Crippen LogP contribution in [0.3, 0.4) is 0 Å². The lowest BCUT2D eigenvalue weighted by Gasteiger charge is -2.07. The van der Waals surface area contributed by atoms with Crippen LogP contribution in [0.1, 0.15) is 21.7 Å². The fourth-order valence-electron chi connectivity index (χ4n) is 2.42. The number of ether oxygens (including phenoxy) is 1. The topological polar surface area (TPSA) is 62.4 Å². The van der Waals surface area contributed by atoms with E-state index in [-0.39, 0.29) is 5.91 Å². The minimum Gasteiger partial charge on any atom is -0.464 e. The van der Waals surface area contributed by atoms with Gasteiger partial charge in [-0.25, -0.2) is 4.79 Å². The first kappa shape index (κ1) is 13.2. The molecule has 0 saturated carbocycles. The third-order valence-electron chi connectivity index (χ3n) is 3.50. The molecule has 5 nitrogen and oxygen atoms in total. The average molecular weight is 282 g/mol. The van der Waals surface area contributed by atoms with Crippen molar-refractivity contribution in [2.75, 3.05) is 19.1 Å². The number of para-hydroxylation sites is 1. The van der Waals surface area contributed by atoms with E-state index in [9.17, 15) is 9.59 Å². The number of rotatable bonds is 2. The Morgan fingerprint density at radius 1 is 1.24 bits per heavy atom. The van der Waals surface area contributed by atoms with Gasteiger partial charge in [0.15, 0.2) is 0 Å². The van der Waals surface area contributed by atoms with Crippen molar-refractivity contribution in [3.8, 4) is 0 Å². The zero-order valence-electron chi connectivity index (χ0n) is 11.7. The summed E-state index contributed by atoms with van der Waals surface area (Å²) in [6.45, 7) is 0. The molecule has 0 unspecified atom stereocenters. The molecule has 0 spiro atoms. The molecular weight excluding hydrogens is 268 g/mol. The minimum absolute atomic E-state index is 0.0644. The van der Waals surface area contributed by atoms with Crippen molar-refractivity contribution < 1.29 is 14.3 Å². The Bertz CT molecular complexity index is 758. The lowest BCUT2D eigenvalue weighted by atomic mass is 10.1. The van der Waals surface area contributed by atoms with Gasteiger partial charge in [-0.15, -0.1) is 0 Å². The summed E-state index contributed by atoms with van der Waals surface area (Å²) in [6, 6.07) is 11.0. The highest BCUT2D eigenvalue weighted by Gasteiger charge is 2.29. The number of anilines is 1. The lowest BCUT2D eigenvalue weighted by Crippen LogP contribution is -2.20. The molecule has 2 heterocycles. The molecule has 3 rings (SSSR count). The summed E-state index contributed by atoms with van der Waals surface area (Å²) >= 11 is 0. The van der Waals surface area contributed by atoms with Gasteiger partial charge in [0.1, 0.15) is 5.69 Å². The molecule has 1 aliphatic rings. The van der Waals surface area contributed by atoms with Crippen molar-refractivity contribution in [2.45, 2.75) is 0 Å². The summed E-state index contributed by atoms with van der Waals surface area (Å²) in [5.74, 6) is -0.500. The smallest absolute Gasteiger partial charge is 0.354 e. The maximum atomic E-state index is 12.3. The SMILES string of the molecule is COC(=O)c1ccc(/C=C2/C(=O)N(C)c3ccccc32)[nH]1. The van der Waals surface area contributed by atoms with Crippen molar-refractivity contribution in [3.63, 3.8) is 0 Å². The molecule has 5 heteroatoms. The van der Waals surface area contributed by atoms with Gasteiger partial charge in [-0.2, -0.15) is 0 Å². The van der Waals surface area contributed by atoms with Crippen LogP contribution in [0.5, 0.6) is 0 Å². The number of methoxy groups -OCH3 is 1. The lowest BCUT2D eigenvalue weighted by molar-refractivity contribution is -0.112. The monoisotopic (exact) mass is 282 g/mol. The molecule has 0 aliphatic carbocycles. The summed E-state index contributed by atoms with van der Waals surface area (Å²) in [4.78, 5) is 28.3. The fraction of sp³-hybridized carbons (Fsp3) is 0.125. The number of carbonyl (C=O) groups is 2. The van der Waals surface area contributed by atoms with Crippen LogP contribution < -0.4 is 4.90 Å². The van der Waals surface area contributed by atoms with Gasteiger partial charge in [-0.1, -0.05) is 18.2 Å². The highest BCUT2D eigenvalue weighted by atomic mass is 16.5. The van der Waals surface area contributed by atoms with Gasteiger partial charge in [-0.05, 0) is 24.3 Å². The second kappa shape index (κ2) is 4.94. The first-order chi connectivity index (χ1) is 10.1. The first-order valence-corrected chi connectivity index (χ1v) is 6.48. The highest BCUT2D eigenvalue weighted by Crippen LogP contribution is 2.36. The molecule has 0 bridgehead atoms. The van der Waals surface area contributed by atoms with Crippen LogP contribution in [-0.2, 0) is 9.53 Å². The van der Waals surface area contributed by atoms with Crippen LogP contribution >= 0.6 is 0 Å². The number of esters is 1. The number of nitrogens with zero attached hydrogens (tertiary/aromatic N) is 1. The number of fused-ring (bicyclic) bond motifs is 1. The number of aromatic nitrogens is 1. The zero-order valence-corrected chi connectivity index (χ0v) is 11.7. The second-order valence-electron chi connectivity index (χ2n) is 4.76. The summed E-state index contributed by atoms with van der Waals surface area (Å²) in [7, 11) is 3.07. The summed E-state index contributed by atoms with van der Waals surface area (Å²) in [6.07, 6.45) is 1.75. The zero-order chi connectivity index (χ0) is 15.0. The molecule has 1 aromatic carbocycles. The molecule has 106 valence electrons. The van der Waals surface area contributed by atoms with Gasteiger partial charge in [0.05, 0.1) is 18.4 Å². The molecule has 0 atom stereocenters. The van der Waals surface area contributed by atoms with Gasteiger partial charge < -0.3 is 14.6 Å². The Balaban J connectivity index is 2.02. The number of likely N-dealkylation sites (N-methyl/N-ethyl adjacent to an activating group) is 1. The van der Waals surface area contributed by atoms with Crippen molar-refractivity contribution in [1.29, 1.82) is 0 Å². The number of nitrogens with one attached hydrogen (secondary N) is 1. The quantitative estimate of drug-likeness (QED) is 0.679. The third kappa shape index (κ3) is 2.12. The van der Waals surface area contributed by atoms with Gasteiger partial charge in [0, 0.05) is 18.3 Å². The van der Waals surface area contributed by atoms with Crippen LogP contribution in [0.2, 0.25) is 0 Å². The number of amides is 1. The van der Waals surface area contributed by atoms with E-state index in [1.807, 2.05) is 24.3 Å². The van der Waals surface area contributed by atoms with Crippen LogP contribution in [0.4, 0.5) is 5.69 Å². The van der Waals surface area contributed by atoms with Gasteiger partial charge >= 0.3 is 5.97 Å². The van der Waals surface area contributed by atoms with Gasteiger partial charge in [0.25, 0.3) is 5.91 Å². The molecule has 0 saturated heterocycles. The van der Waals surface area contributed by atoms with E-state index in [2.05, 4.69) is 9.72 Å². The van der Waals surface area contributed by atoms with Crippen LogP contribution in [0.25, 0.3) is 11.6 Å². The van der Waals surface area contributed by atoms with E-state index in [1.165, 1.54) is 7.11 Å². The van der Waals surface area contributed by atoms with Crippen LogP contribution in [0, 0.1) is 0 Å². The largest absolute Gasteiger partial charge is 0.464 e. The van der Waals surface area contributed by atoms with E-state index in [4.69, 9.17) is 0 Å². The molecule has 1 amide bonds. The van der Waals surface area contributed by atoms with E-state index >= 15 is 0 Å². The molecule has 1 N–H and O–H groups in total. The average Bonchev–Trinajstić information content (AvgIpc) is 3.07. The molecule has 0 fully saturated rings. The van der Waals surface area contributed by atoms with E-state index in [0.717, 1.165) is 11.3 Å². The number of carbonyl (C=O) groups excluding carboxylic acids is 2. The maximum absolute atomic E-state index is 12.3. The summed E-state index contributed by atoms with van der Waals surface area (Å²) in [5, 5.41) is 0. The Labute approximate surface area is 121 Å². The fourth-order valence-corrected chi connectivity index (χ4v) is 2.42. The number of hydrogen-bond donors (Lipinski definition) is 1. The highest BCUT2D eigenvalue weighted by molar-refractivity contribution is 6.35. The number of aromatic amines is 1. The summed E-state index contributed by atoms with van der Waals surface area (Å²) in [5.41, 5.74) is 3.42. The second-order valence-corrected chi connectivity index (χ2v) is 4.76. The van der Waals surface area contributed by atoms with Crippen molar-refractivity contribution in [3.05, 3.63) is 53.3 Å². The summed E-state index contributed by atoms with van der Waals surface area (Å²) < 4.78 is 4.65. The first-order valence-electron chi connectivity index (χ1n) is 6.48. The Kier molecular flexibility index (Phi) is 3.10. The van der Waals surface area contributed by atoms with Gasteiger partial charge in [-0.3, -0.25) is 4.79 Å². The standard InChI is InChI=1S/C16H14N2O3/c1-18-14-6-4-3-5-11(14)12(15(18)19)9-10-7-8-13(17-10)16(20)21-2/h3-9,17H,1-2H3/b12-9+. The van der Waals surface area contributed by atoms with Crippen molar-refractivity contribution in [1.82, 2.24) is 4.98 Å². The van der Waals surface area contributed by atoms with E-state index < -0.39 is 5.97 Å². The predicted molar refractivity (Wildman–Crippen MR) is 79.9 cm³/mol. The Morgan fingerprint density at radius 2 is 2.00 bits per heavy atom. The van der Waals surface area contributed by atoms with E-state index in [0.29, 0.717) is 17.0 Å². The minimum atomic E-state index is -0.435. The number of hydrogen-bond acceptors (Lipinski definition) is 3. The van der Waals surface area contributed by atoms with Crippen LogP contribution in [-0.4, -0.2) is 31.0 Å². The molecule has 1 aliphatic heterocycles.